The van der Waals surface area contributed by atoms with Gasteiger partial charge in [0, 0.05) is 6.54 Å². The molecule has 25 heavy (non-hydrogen) atoms. The molecule has 1 rings (SSSR count). The zero-order valence-corrected chi connectivity index (χ0v) is 16.9. The minimum Gasteiger partial charge on any atom is -0.374 e. The Bertz CT molecular complexity index is 363. The van der Waals surface area contributed by atoms with Crippen LogP contribution in [0.25, 0.3) is 0 Å². The predicted octanol–water partition coefficient (Wildman–Crippen LogP) is 6.08. The number of hydrogen-bond donors (Lipinski definition) is 1. The number of hydrogen-bond acceptors (Lipinski definition) is 3. The van der Waals surface area contributed by atoms with Crippen LogP contribution in [0, 0.1) is 0 Å². The van der Waals surface area contributed by atoms with Gasteiger partial charge < -0.3 is 10.0 Å². The molecule has 1 aliphatic heterocycles. The van der Waals surface area contributed by atoms with Crippen molar-refractivity contribution in [3.05, 3.63) is 12.2 Å². The van der Waals surface area contributed by atoms with Crippen molar-refractivity contribution in [2.45, 2.75) is 110 Å². The van der Waals surface area contributed by atoms with Crippen LogP contribution in [-0.2, 0) is 0 Å². The minimum absolute atomic E-state index is 0.428. The molecule has 1 heterocycles. The number of unbranched alkanes of at least 4 members (excludes halogenated alkanes) is 13. The highest BCUT2D eigenvalue weighted by Crippen LogP contribution is 2.13. The summed E-state index contributed by atoms with van der Waals surface area (Å²) in [6, 6.07) is 0. The Labute approximate surface area is 156 Å². The predicted molar refractivity (Wildman–Crippen MR) is 110 cm³/mol. The van der Waals surface area contributed by atoms with Gasteiger partial charge in [-0.1, -0.05) is 90.0 Å². The molecule has 146 valence electrons. The van der Waals surface area contributed by atoms with Crippen molar-refractivity contribution in [2.24, 2.45) is 4.99 Å². The van der Waals surface area contributed by atoms with E-state index in [1.807, 2.05) is 4.90 Å². The zero-order valence-electron chi connectivity index (χ0n) is 16.9. The molecule has 0 aromatic heterocycles. The molecule has 3 nitrogen and oxygen atoms in total. The molecule has 1 unspecified atom stereocenters. The number of aliphatic hydroxyl groups is 1. The second-order valence-corrected chi connectivity index (χ2v) is 7.50. The van der Waals surface area contributed by atoms with E-state index in [9.17, 15) is 5.11 Å². The summed E-state index contributed by atoms with van der Waals surface area (Å²) in [7, 11) is 0. The largest absolute Gasteiger partial charge is 0.374 e. The van der Waals surface area contributed by atoms with E-state index in [0.717, 1.165) is 25.3 Å². The first kappa shape index (κ1) is 22.2. The smallest absolute Gasteiger partial charge is 0.125 e. The molecule has 0 amide bonds. The molecular weight excluding hydrogens is 308 g/mol. The van der Waals surface area contributed by atoms with Crippen LogP contribution < -0.4 is 0 Å². The van der Waals surface area contributed by atoms with Gasteiger partial charge in [-0.25, -0.2) is 0 Å². The van der Waals surface area contributed by atoms with Crippen molar-refractivity contribution in [3.63, 3.8) is 0 Å². The average Bonchev–Trinajstić information content (AvgIpc) is 3.07. The van der Waals surface area contributed by atoms with E-state index in [1.165, 1.54) is 83.5 Å². The van der Waals surface area contributed by atoms with Gasteiger partial charge in [0.2, 0.25) is 0 Å². The van der Waals surface area contributed by atoms with Gasteiger partial charge in [0.25, 0.3) is 0 Å². The van der Waals surface area contributed by atoms with Gasteiger partial charge in [0.15, 0.2) is 0 Å². The number of amidine groups is 1. The summed E-state index contributed by atoms with van der Waals surface area (Å²) in [5, 5.41) is 9.66. The molecule has 0 bridgehead atoms. The lowest BCUT2D eigenvalue weighted by atomic mass is 10.0. The number of aliphatic hydroxyl groups excluding tert-OH is 1. The number of nitrogens with zero attached hydrogens (tertiary/aromatic N) is 2. The van der Waals surface area contributed by atoms with E-state index in [1.54, 1.807) is 6.92 Å². The molecule has 0 spiro atoms. The van der Waals surface area contributed by atoms with Gasteiger partial charge in [-0.2, -0.15) is 0 Å². The molecule has 3 heteroatoms. The molecule has 0 radical (unpaired) electrons. The van der Waals surface area contributed by atoms with Crippen molar-refractivity contribution in [3.8, 4) is 0 Å². The maximum Gasteiger partial charge on any atom is 0.125 e. The monoisotopic (exact) mass is 350 g/mol. The van der Waals surface area contributed by atoms with Crippen molar-refractivity contribution >= 4 is 5.84 Å². The van der Waals surface area contributed by atoms with Crippen molar-refractivity contribution in [2.75, 3.05) is 13.1 Å². The third-order valence-electron chi connectivity index (χ3n) is 5.10. The molecule has 0 aromatic carbocycles. The summed E-state index contributed by atoms with van der Waals surface area (Å²) in [5.41, 5.74) is 0. The van der Waals surface area contributed by atoms with E-state index in [-0.39, 0.29) is 0 Å². The zero-order chi connectivity index (χ0) is 18.2. The lowest BCUT2D eigenvalue weighted by Crippen LogP contribution is -2.34. The van der Waals surface area contributed by atoms with Gasteiger partial charge in [0.05, 0.1) is 6.54 Å². The van der Waals surface area contributed by atoms with Crippen molar-refractivity contribution < 1.29 is 5.11 Å². The van der Waals surface area contributed by atoms with Gasteiger partial charge in [-0.15, -0.1) is 0 Å². The first-order chi connectivity index (χ1) is 12.3. The van der Waals surface area contributed by atoms with Crippen LogP contribution in [0.15, 0.2) is 17.1 Å². The van der Waals surface area contributed by atoms with Crippen LogP contribution in [0.5, 0.6) is 0 Å². The van der Waals surface area contributed by atoms with Gasteiger partial charge in [-0.3, -0.25) is 4.99 Å². The third kappa shape index (κ3) is 11.4. The van der Waals surface area contributed by atoms with Gasteiger partial charge in [-0.05, 0) is 25.8 Å². The van der Waals surface area contributed by atoms with Crippen LogP contribution in [0.4, 0.5) is 0 Å². The summed E-state index contributed by atoms with van der Waals surface area (Å²) >= 11 is 0. The molecule has 1 N–H and O–H groups in total. The van der Waals surface area contributed by atoms with Crippen LogP contribution in [0.1, 0.15) is 104 Å². The summed E-state index contributed by atoms with van der Waals surface area (Å²) in [6.07, 6.45) is 23.3. The lowest BCUT2D eigenvalue weighted by molar-refractivity contribution is 0.0788. The number of rotatable bonds is 16. The highest BCUT2D eigenvalue weighted by Gasteiger charge is 2.17. The average molecular weight is 351 g/mol. The second-order valence-electron chi connectivity index (χ2n) is 7.50. The molecule has 0 saturated carbocycles. The number of aliphatic imine (C=N–C) groups is 1. The van der Waals surface area contributed by atoms with E-state index in [4.69, 9.17) is 0 Å². The summed E-state index contributed by atoms with van der Waals surface area (Å²) < 4.78 is 0. The van der Waals surface area contributed by atoms with E-state index in [0.29, 0.717) is 0 Å². The highest BCUT2D eigenvalue weighted by atomic mass is 16.3. The Hall–Kier alpha value is -0.830. The van der Waals surface area contributed by atoms with E-state index >= 15 is 0 Å². The summed E-state index contributed by atoms with van der Waals surface area (Å²) in [5.74, 6) is 0.949. The van der Waals surface area contributed by atoms with Crippen LogP contribution >= 0.6 is 0 Å². The molecule has 0 saturated heterocycles. The maximum absolute atomic E-state index is 9.66. The molecular formula is C22H42N2O. The Morgan fingerprint density at radius 2 is 1.44 bits per heavy atom. The standard InChI is InChI=1S/C22H42N2O/c1-3-4-5-6-7-8-9-10-11-12-13-14-15-16-17-18-22-23-19-20-24(22)21(2)25/h17-18,21,25H,3-16,19-20H2,1-2H3/b18-17+. The first-order valence-electron chi connectivity index (χ1n) is 10.9. The topological polar surface area (TPSA) is 35.8 Å². The Balaban J connectivity index is 1.84. The van der Waals surface area contributed by atoms with Crippen molar-refractivity contribution in [1.29, 1.82) is 0 Å². The Morgan fingerprint density at radius 3 is 1.96 bits per heavy atom. The molecule has 1 atom stereocenters. The summed E-state index contributed by atoms with van der Waals surface area (Å²) in [6.45, 7) is 5.74. The fourth-order valence-corrected chi connectivity index (χ4v) is 3.47. The molecule has 0 fully saturated rings. The van der Waals surface area contributed by atoms with Crippen LogP contribution in [-0.4, -0.2) is 35.2 Å². The van der Waals surface area contributed by atoms with E-state index < -0.39 is 6.23 Å². The fourth-order valence-electron chi connectivity index (χ4n) is 3.47. The molecule has 0 aromatic rings. The maximum atomic E-state index is 9.66. The summed E-state index contributed by atoms with van der Waals surface area (Å²) in [4.78, 5) is 6.40. The van der Waals surface area contributed by atoms with Crippen LogP contribution in [0.2, 0.25) is 0 Å². The fraction of sp³-hybridized carbons (Fsp3) is 0.864. The quantitative estimate of drug-likeness (QED) is 0.343. The van der Waals surface area contributed by atoms with E-state index in [2.05, 4.69) is 24.1 Å². The number of allylic oxidation sites excluding steroid dienone is 1. The third-order valence-corrected chi connectivity index (χ3v) is 5.10. The SMILES string of the molecule is CCCCCCCCCCCCCCC/C=C/C1=NCCN1C(C)O. The highest BCUT2D eigenvalue weighted by molar-refractivity contribution is 5.94. The Morgan fingerprint density at radius 1 is 0.920 bits per heavy atom. The minimum atomic E-state index is -0.428. The van der Waals surface area contributed by atoms with Crippen LogP contribution in [0.3, 0.4) is 0 Å². The molecule has 1 aliphatic rings. The Kier molecular flexibility index (Phi) is 13.7. The molecule has 0 aliphatic carbocycles. The lowest BCUT2D eigenvalue weighted by Gasteiger charge is -2.21. The van der Waals surface area contributed by atoms with Gasteiger partial charge >= 0.3 is 0 Å². The second kappa shape index (κ2) is 15.4. The van der Waals surface area contributed by atoms with Gasteiger partial charge in [0.1, 0.15) is 12.1 Å². The van der Waals surface area contributed by atoms with Crippen molar-refractivity contribution in [1.82, 2.24) is 4.90 Å². The first-order valence-corrected chi connectivity index (χ1v) is 10.9. The normalized spacial score (nSPS) is 16.0.